The van der Waals surface area contributed by atoms with Gasteiger partial charge >= 0.3 is 5.69 Å². The molecule has 0 fully saturated rings. The van der Waals surface area contributed by atoms with E-state index < -0.39 is 11.2 Å². The maximum Gasteiger partial charge on any atom is 0.342 e. The summed E-state index contributed by atoms with van der Waals surface area (Å²) in [6.45, 7) is 2.44. The van der Waals surface area contributed by atoms with Crippen molar-refractivity contribution in [2.75, 3.05) is 25.6 Å². The van der Waals surface area contributed by atoms with Crippen LogP contribution in [0.2, 0.25) is 0 Å². The summed E-state index contributed by atoms with van der Waals surface area (Å²) in [4.78, 5) is 36.1. The molecule has 1 heterocycles. The predicted molar refractivity (Wildman–Crippen MR) is 98.5 cm³/mol. The van der Waals surface area contributed by atoms with Crippen LogP contribution < -0.4 is 31.5 Å². The normalized spacial score (nSPS) is 10.6. The molecule has 0 atom stereocenters. The van der Waals surface area contributed by atoms with Crippen LogP contribution in [-0.2, 0) is 4.79 Å². The molecule has 0 unspecified atom stereocenters. The molecule has 0 spiro atoms. The lowest BCUT2D eigenvalue weighted by Gasteiger charge is -2.11. The van der Waals surface area contributed by atoms with Crippen molar-refractivity contribution in [3.63, 3.8) is 0 Å². The molecule has 0 radical (unpaired) electrons. The number of aromatic nitrogens is 3. The summed E-state index contributed by atoms with van der Waals surface area (Å²) in [5.74, 6) is 0.643. The number of hydrogen-bond donors (Lipinski definition) is 4. The van der Waals surface area contributed by atoms with Gasteiger partial charge in [-0.3, -0.25) is 14.6 Å². The number of ether oxygens (including phenoxy) is 2. The van der Waals surface area contributed by atoms with Crippen molar-refractivity contribution in [3.05, 3.63) is 44.6 Å². The smallest absolute Gasteiger partial charge is 0.342 e. The second-order valence-corrected chi connectivity index (χ2v) is 5.14. The zero-order chi connectivity index (χ0) is 19.6. The van der Waals surface area contributed by atoms with Crippen LogP contribution in [0.25, 0.3) is 0 Å². The second kappa shape index (κ2) is 9.75. The number of amides is 1. The fourth-order valence-corrected chi connectivity index (χ4v) is 2.09. The number of benzene rings is 1. The van der Waals surface area contributed by atoms with Gasteiger partial charge in [0.1, 0.15) is 0 Å². The number of nitrogens with one attached hydrogen (secondary N) is 4. The Hall–Kier alpha value is -3.63. The molecule has 27 heavy (non-hydrogen) atoms. The van der Waals surface area contributed by atoms with Gasteiger partial charge in [-0.15, -0.1) is 5.10 Å². The number of anilines is 1. The molecule has 2 rings (SSSR count). The maximum absolute atomic E-state index is 11.8. The van der Waals surface area contributed by atoms with Gasteiger partial charge in [-0.05, 0) is 19.1 Å². The van der Waals surface area contributed by atoms with E-state index in [4.69, 9.17) is 9.47 Å². The Balaban J connectivity index is 1.88. The number of aromatic amines is 2. The van der Waals surface area contributed by atoms with Crippen LogP contribution in [0.1, 0.15) is 18.9 Å². The standard InChI is InChI=1S/C16H20N6O5/c1-3-27-13-10(5-4-6-11(13)26-2)9-18-20-12(23)7-8-17-14-15(24)19-16(25)22-21-14/h4-6,9H,3,7-8H2,1-2H3,(H,17,21)(H,20,23)(H2,19,22,24,25)/b18-9+. The Bertz CT molecular complexity index is 920. The first kappa shape index (κ1) is 19.7. The van der Waals surface area contributed by atoms with Crippen molar-refractivity contribution in [2.24, 2.45) is 5.10 Å². The van der Waals surface area contributed by atoms with Crippen molar-refractivity contribution in [1.82, 2.24) is 20.6 Å². The number of carbonyl (C=O) groups excluding carboxylic acids is 1. The Morgan fingerprint density at radius 2 is 2.19 bits per heavy atom. The molecule has 2 aromatic rings. The van der Waals surface area contributed by atoms with Gasteiger partial charge in [-0.2, -0.15) is 5.10 Å². The number of hydrazone groups is 1. The predicted octanol–water partition coefficient (Wildman–Crippen LogP) is -0.182. The van der Waals surface area contributed by atoms with E-state index in [0.717, 1.165) is 0 Å². The van der Waals surface area contributed by atoms with Gasteiger partial charge in [0, 0.05) is 18.5 Å². The Kier molecular flexibility index (Phi) is 7.11. The minimum Gasteiger partial charge on any atom is -0.493 e. The molecular formula is C16H20N6O5. The van der Waals surface area contributed by atoms with Gasteiger partial charge in [-0.25, -0.2) is 15.3 Å². The first-order chi connectivity index (χ1) is 13.0. The number of para-hydroxylation sites is 1. The summed E-state index contributed by atoms with van der Waals surface area (Å²) in [5.41, 5.74) is 1.65. The molecule has 0 saturated carbocycles. The number of rotatable bonds is 9. The van der Waals surface area contributed by atoms with Crippen molar-refractivity contribution >= 4 is 17.9 Å². The molecule has 11 heteroatoms. The van der Waals surface area contributed by atoms with Crippen LogP contribution in [0.15, 0.2) is 32.9 Å². The molecule has 0 bridgehead atoms. The minimum absolute atomic E-state index is 0.0357. The summed E-state index contributed by atoms with van der Waals surface area (Å²) in [6, 6.07) is 5.32. The summed E-state index contributed by atoms with van der Waals surface area (Å²) in [6.07, 6.45) is 1.49. The van der Waals surface area contributed by atoms with Gasteiger partial charge < -0.3 is 14.8 Å². The minimum atomic E-state index is -0.707. The largest absolute Gasteiger partial charge is 0.493 e. The highest BCUT2D eigenvalue weighted by Gasteiger charge is 2.08. The summed E-state index contributed by atoms with van der Waals surface area (Å²) in [7, 11) is 1.54. The SMILES string of the molecule is CCOc1c(/C=N/NC(=O)CCNc2n[nH]c(=O)[nH]c2=O)cccc1OC. The number of hydrogen-bond acceptors (Lipinski definition) is 8. The quantitative estimate of drug-likeness (QED) is 0.350. The highest BCUT2D eigenvalue weighted by atomic mass is 16.5. The molecule has 1 amide bonds. The van der Waals surface area contributed by atoms with E-state index in [2.05, 4.69) is 26.0 Å². The fourth-order valence-electron chi connectivity index (χ4n) is 2.09. The first-order valence-electron chi connectivity index (χ1n) is 8.09. The second-order valence-electron chi connectivity index (χ2n) is 5.14. The lowest BCUT2D eigenvalue weighted by Crippen LogP contribution is -2.28. The third-order valence-corrected chi connectivity index (χ3v) is 3.27. The zero-order valence-corrected chi connectivity index (χ0v) is 14.9. The molecule has 1 aromatic heterocycles. The van der Waals surface area contributed by atoms with Crippen LogP contribution in [0.4, 0.5) is 5.82 Å². The van der Waals surface area contributed by atoms with Crippen molar-refractivity contribution < 1.29 is 14.3 Å². The number of carbonyl (C=O) groups is 1. The van der Waals surface area contributed by atoms with Gasteiger partial charge in [0.25, 0.3) is 5.56 Å². The van der Waals surface area contributed by atoms with Gasteiger partial charge in [0.05, 0.1) is 19.9 Å². The highest BCUT2D eigenvalue weighted by Crippen LogP contribution is 2.29. The molecule has 0 aliphatic rings. The van der Waals surface area contributed by atoms with E-state index in [1.54, 1.807) is 18.2 Å². The fraction of sp³-hybridized carbons (Fsp3) is 0.312. The van der Waals surface area contributed by atoms with Crippen molar-refractivity contribution in [1.29, 1.82) is 0 Å². The van der Waals surface area contributed by atoms with Crippen LogP contribution >= 0.6 is 0 Å². The lowest BCUT2D eigenvalue weighted by atomic mass is 10.2. The maximum atomic E-state index is 11.8. The average Bonchev–Trinajstić information content (AvgIpc) is 2.65. The molecule has 11 nitrogen and oxygen atoms in total. The van der Waals surface area contributed by atoms with Crippen LogP contribution in [-0.4, -0.2) is 47.6 Å². The molecular weight excluding hydrogens is 356 g/mol. The summed E-state index contributed by atoms with van der Waals surface area (Å²) >= 11 is 0. The van der Waals surface area contributed by atoms with Crippen LogP contribution in [0.3, 0.4) is 0 Å². The summed E-state index contributed by atoms with van der Waals surface area (Å²) in [5, 5.41) is 12.2. The van der Waals surface area contributed by atoms with Crippen LogP contribution in [0, 0.1) is 0 Å². The van der Waals surface area contributed by atoms with Crippen molar-refractivity contribution in [2.45, 2.75) is 13.3 Å². The Morgan fingerprint density at radius 1 is 1.37 bits per heavy atom. The Morgan fingerprint density at radius 3 is 2.89 bits per heavy atom. The van der Waals surface area contributed by atoms with Gasteiger partial charge in [-0.1, -0.05) is 6.07 Å². The van der Waals surface area contributed by atoms with Gasteiger partial charge in [0.15, 0.2) is 11.5 Å². The molecule has 4 N–H and O–H groups in total. The van der Waals surface area contributed by atoms with Gasteiger partial charge in [0.2, 0.25) is 11.7 Å². The molecule has 0 aliphatic carbocycles. The zero-order valence-electron chi connectivity index (χ0n) is 14.9. The summed E-state index contributed by atoms with van der Waals surface area (Å²) < 4.78 is 10.8. The van der Waals surface area contributed by atoms with E-state index >= 15 is 0 Å². The van der Waals surface area contributed by atoms with E-state index in [1.165, 1.54) is 13.3 Å². The molecule has 144 valence electrons. The molecule has 0 aliphatic heterocycles. The third kappa shape index (κ3) is 5.70. The topological polar surface area (TPSA) is 151 Å². The van der Waals surface area contributed by atoms with Crippen LogP contribution in [0.5, 0.6) is 11.5 Å². The number of methoxy groups -OCH3 is 1. The average molecular weight is 376 g/mol. The monoisotopic (exact) mass is 376 g/mol. The Labute approximate surface area is 153 Å². The van der Waals surface area contributed by atoms with E-state index in [0.29, 0.717) is 23.7 Å². The molecule has 0 saturated heterocycles. The third-order valence-electron chi connectivity index (χ3n) is 3.27. The lowest BCUT2D eigenvalue weighted by molar-refractivity contribution is -0.120. The van der Waals surface area contributed by atoms with E-state index in [9.17, 15) is 14.4 Å². The van der Waals surface area contributed by atoms with E-state index in [-0.39, 0.29) is 24.7 Å². The first-order valence-corrected chi connectivity index (χ1v) is 8.09. The highest BCUT2D eigenvalue weighted by molar-refractivity contribution is 5.86. The number of H-pyrrole nitrogens is 2. The van der Waals surface area contributed by atoms with E-state index in [1.807, 2.05) is 11.9 Å². The molecule has 1 aromatic carbocycles. The number of nitrogens with zero attached hydrogens (tertiary/aromatic N) is 2. The van der Waals surface area contributed by atoms with Crippen molar-refractivity contribution in [3.8, 4) is 11.5 Å².